The van der Waals surface area contributed by atoms with Gasteiger partial charge in [0.2, 0.25) is 15.9 Å². The number of ether oxygens (including phenoxy) is 1. The fraction of sp³-hybridized carbons (Fsp3) is 0.533. The van der Waals surface area contributed by atoms with Crippen LogP contribution in [-0.4, -0.2) is 41.1 Å². The Kier molecular flexibility index (Phi) is 7.47. The molecule has 1 unspecified atom stereocenters. The standard InChI is InChI=1S/C15H25N3O4S/c1-5-15(19)17-10-12-8-13(6-7-14(12)22-4)23(20,21)18-9-11(2)16-3/h6-8,11,16,18H,5,9-10H2,1-4H3,(H,17,19). The lowest BCUT2D eigenvalue weighted by atomic mass is 10.2. The van der Waals surface area contributed by atoms with Crippen LogP contribution >= 0.6 is 0 Å². The average molecular weight is 343 g/mol. The van der Waals surface area contributed by atoms with Crippen molar-refractivity contribution in [2.75, 3.05) is 20.7 Å². The van der Waals surface area contributed by atoms with Crippen molar-refractivity contribution in [1.82, 2.24) is 15.4 Å². The number of methoxy groups -OCH3 is 1. The van der Waals surface area contributed by atoms with Gasteiger partial charge in [-0.3, -0.25) is 4.79 Å². The first-order valence-corrected chi connectivity index (χ1v) is 8.92. The third-order valence-electron chi connectivity index (χ3n) is 3.43. The summed E-state index contributed by atoms with van der Waals surface area (Å²) in [7, 11) is -0.349. The summed E-state index contributed by atoms with van der Waals surface area (Å²) in [4.78, 5) is 11.5. The van der Waals surface area contributed by atoms with Crippen molar-refractivity contribution in [3.05, 3.63) is 23.8 Å². The van der Waals surface area contributed by atoms with Crippen molar-refractivity contribution >= 4 is 15.9 Å². The van der Waals surface area contributed by atoms with Gasteiger partial charge in [-0.15, -0.1) is 0 Å². The van der Waals surface area contributed by atoms with Gasteiger partial charge >= 0.3 is 0 Å². The fourth-order valence-corrected chi connectivity index (χ4v) is 2.98. The molecule has 3 N–H and O–H groups in total. The SMILES string of the molecule is CCC(=O)NCc1cc(S(=O)(=O)NCC(C)NC)ccc1OC. The number of nitrogens with one attached hydrogen (secondary N) is 3. The zero-order valence-electron chi connectivity index (χ0n) is 14.0. The largest absolute Gasteiger partial charge is 0.496 e. The Morgan fingerprint density at radius 2 is 2.04 bits per heavy atom. The van der Waals surface area contributed by atoms with E-state index in [4.69, 9.17) is 4.74 Å². The predicted octanol–water partition coefficient (Wildman–Crippen LogP) is 0.608. The van der Waals surface area contributed by atoms with E-state index in [1.165, 1.54) is 19.2 Å². The summed E-state index contributed by atoms with van der Waals surface area (Å²) >= 11 is 0. The molecule has 0 radical (unpaired) electrons. The van der Waals surface area contributed by atoms with Crippen LogP contribution in [-0.2, 0) is 21.4 Å². The number of sulfonamides is 1. The number of carbonyl (C=O) groups is 1. The van der Waals surface area contributed by atoms with Gasteiger partial charge in [0.15, 0.2) is 0 Å². The minimum Gasteiger partial charge on any atom is -0.496 e. The van der Waals surface area contributed by atoms with Crippen LogP contribution in [0.25, 0.3) is 0 Å². The van der Waals surface area contributed by atoms with Gasteiger partial charge in [-0.2, -0.15) is 0 Å². The first-order valence-electron chi connectivity index (χ1n) is 7.44. The van der Waals surface area contributed by atoms with E-state index >= 15 is 0 Å². The van der Waals surface area contributed by atoms with Crippen molar-refractivity contribution < 1.29 is 17.9 Å². The first-order chi connectivity index (χ1) is 10.8. The summed E-state index contributed by atoms with van der Waals surface area (Å²) in [6.45, 7) is 4.13. The van der Waals surface area contributed by atoms with Crippen LogP contribution in [0.15, 0.2) is 23.1 Å². The van der Waals surface area contributed by atoms with Crippen molar-refractivity contribution in [3.8, 4) is 5.75 Å². The lowest BCUT2D eigenvalue weighted by Gasteiger charge is -2.14. The van der Waals surface area contributed by atoms with Crippen molar-refractivity contribution in [2.24, 2.45) is 0 Å². The summed E-state index contributed by atoms with van der Waals surface area (Å²) < 4.78 is 32.4. The molecule has 1 aromatic carbocycles. The maximum atomic E-state index is 12.3. The highest BCUT2D eigenvalue weighted by molar-refractivity contribution is 7.89. The molecular weight excluding hydrogens is 318 g/mol. The molecule has 0 aliphatic rings. The summed E-state index contributed by atoms with van der Waals surface area (Å²) in [5.74, 6) is 0.422. The fourth-order valence-electron chi connectivity index (χ4n) is 1.80. The molecule has 1 atom stereocenters. The Bertz CT molecular complexity index is 632. The highest BCUT2D eigenvalue weighted by Crippen LogP contribution is 2.22. The van der Waals surface area contributed by atoms with Gasteiger partial charge in [0.05, 0.1) is 12.0 Å². The third-order valence-corrected chi connectivity index (χ3v) is 4.85. The molecule has 0 heterocycles. The molecule has 1 amide bonds. The molecule has 0 saturated carbocycles. The lowest BCUT2D eigenvalue weighted by Crippen LogP contribution is -2.37. The van der Waals surface area contributed by atoms with Crippen LogP contribution in [0.5, 0.6) is 5.75 Å². The number of benzene rings is 1. The van der Waals surface area contributed by atoms with Crippen LogP contribution in [0.2, 0.25) is 0 Å². The van der Waals surface area contributed by atoms with Gasteiger partial charge in [-0.1, -0.05) is 6.92 Å². The van der Waals surface area contributed by atoms with E-state index in [0.717, 1.165) is 0 Å². The highest BCUT2D eigenvalue weighted by Gasteiger charge is 2.17. The molecule has 1 rings (SSSR count). The van der Waals surface area contributed by atoms with E-state index in [1.54, 1.807) is 20.0 Å². The third kappa shape index (κ3) is 5.81. The molecule has 1 aromatic rings. The maximum absolute atomic E-state index is 12.3. The topological polar surface area (TPSA) is 96.5 Å². The van der Waals surface area contributed by atoms with E-state index in [-0.39, 0.29) is 29.9 Å². The molecule has 0 aliphatic heterocycles. The van der Waals surface area contributed by atoms with Gasteiger partial charge in [-0.25, -0.2) is 13.1 Å². The van der Waals surface area contributed by atoms with Crippen LogP contribution in [0.1, 0.15) is 25.8 Å². The van der Waals surface area contributed by atoms with Crippen molar-refractivity contribution in [1.29, 1.82) is 0 Å². The molecule has 0 saturated heterocycles. The van der Waals surface area contributed by atoms with Gasteiger partial charge in [-0.05, 0) is 32.2 Å². The predicted molar refractivity (Wildman–Crippen MR) is 88.8 cm³/mol. The molecule has 0 bridgehead atoms. The summed E-state index contributed by atoms with van der Waals surface area (Å²) in [5.41, 5.74) is 0.610. The Balaban J connectivity index is 2.97. The number of carbonyl (C=O) groups excluding carboxylic acids is 1. The zero-order valence-corrected chi connectivity index (χ0v) is 14.8. The zero-order chi connectivity index (χ0) is 17.5. The minimum absolute atomic E-state index is 0.0198. The Labute approximate surface area is 137 Å². The molecule has 7 nitrogen and oxygen atoms in total. The lowest BCUT2D eigenvalue weighted by molar-refractivity contribution is -0.120. The van der Waals surface area contributed by atoms with Crippen LogP contribution < -0.4 is 20.1 Å². The average Bonchev–Trinajstić information content (AvgIpc) is 2.56. The molecule has 130 valence electrons. The van der Waals surface area contributed by atoms with Crippen molar-refractivity contribution in [2.45, 2.75) is 37.8 Å². The Hall–Kier alpha value is -1.64. The number of likely N-dealkylation sites (N-methyl/N-ethyl adjacent to an activating group) is 1. The second-order valence-corrected chi connectivity index (χ2v) is 6.91. The second kappa shape index (κ2) is 8.85. The smallest absolute Gasteiger partial charge is 0.240 e. The number of rotatable bonds is 9. The van der Waals surface area contributed by atoms with Crippen LogP contribution in [0.3, 0.4) is 0 Å². The Morgan fingerprint density at radius 3 is 2.61 bits per heavy atom. The van der Waals surface area contributed by atoms with Gasteiger partial charge in [0.1, 0.15) is 5.75 Å². The number of amides is 1. The highest BCUT2D eigenvalue weighted by atomic mass is 32.2. The van der Waals surface area contributed by atoms with E-state index in [1.807, 2.05) is 6.92 Å². The number of hydrogen-bond acceptors (Lipinski definition) is 5. The molecule has 0 spiro atoms. The van der Waals surface area contributed by atoms with E-state index in [0.29, 0.717) is 17.7 Å². The van der Waals surface area contributed by atoms with E-state index in [9.17, 15) is 13.2 Å². The molecule has 0 aliphatic carbocycles. The van der Waals surface area contributed by atoms with E-state index < -0.39 is 10.0 Å². The van der Waals surface area contributed by atoms with Crippen molar-refractivity contribution in [3.63, 3.8) is 0 Å². The summed E-state index contributed by atoms with van der Waals surface area (Å²) in [6, 6.07) is 4.60. The molecule has 8 heteroatoms. The van der Waals surface area contributed by atoms with Crippen LogP contribution in [0, 0.1) is 0 Å². The van der Waals surface area contributed by atoms with Crippen LogP contribution in [0.4, 0.5) is 0 Å². The molecular formula is C15H25N3O4S. The Morgan fingerprint density at radius 1 is 1.35 bits per heavy atom. The maximum Gasteiger partial charge on any atom is 0.240 e. The molecule has 23 heavy (non-hydrogen) atoms. The van der Waals surface area contributed by atoms with Gasteiger partial charge < -0.3 is 15.4 Å². The molecule has 0 aromatic heterocycles. The number of hydrogen-bond donors (Lipinski definition) is 3. The molecule has 0 fully saturated rings. The quantitative estimate of drug-likeness (QED) is 0.610. The van der Waals surface area contributed by atoms with E-state index in [2.05, 4.69) is 15.4 Å². The first kappa shape index (κ1) is 19.4. The summed E-state index contributed by atoms with van der Waals surface area (Å²) in [6.07, 6.45) is 0.365. The minimum atomic E-state index is -3.62. The van der Waals surface area contributed by atoms with Gasteiger partial charge in [0, 0.05) is 31.1 Å². The second-order valence-electron chi connectivity index (χ2n) is 5.15. The van der Waals surface area contributed by atoms with Gasteiger partial charge in [0.25, 0.3) is 0 Å². The summed E-state index contributed by atoms with van der Waals surface area (Å²) in [5, 5.41) is 5.68. The monoisotopic (exact) mass is 343 g/mol. The normalized spacial score (nSPS) is 12.7.